The van der Waals surface area contributed by atoms with Crippen LogP contribution in [0.2, 0.25) is 0 Å². The number of rotatable bonds is 3. The molecule has 3 rings (SSSR count). The summed E-state index contributed by atoms with van der Waals surface area (Å²) in [6.45, 7) is 1.85. The van der Waals surface area contributed by atoms with E-state index in [1.807, 2.05) is 0 Å². The summed E-state index contributed by atoms with van der Waals surface area (Å²) in [7, 11) is 3.83. The maximum atomic E-state index is 13.9. The van der Waals surface area contributed by atoms with Crippen molar-refractivity contribution in [3.8, 4) is 0 Å². The van der Waals surface area contributed by atoms with Crippen LogP contribution in [0.15, 0.2) is 33.1 Å². The van der Waals surface area contributed by atoms with Gasteiger partial charge in [-0.3, -0.25) is 4.90 Å². The van der Waals surface area contributed by atoms with Crippen LogP contribution < -0.4 is 4.90 Å². The van der Waals surface area contributed by atoms with Gasteiger partial charge in [-0.25, -0.2) is 19.6 Å². The maximum Gasteiger partial charge on any atom is 0.446 e. The zero-order valence-corrected chi connectivity index (χ0v) is 16.7. The van der Waals surface area contributed by atoms with Crippen molar-refractivity contribution in [2.24, 2.45) is 9.98 Å². The van der Waals surface area contributed by atoms with Crippen LogP contribution in [0.3, 0.4) is 0 Å². The molecule has 0 N–H and O–H groups in total. The zero-order chi connectivity index (χ0) is 21.6. The fraction of sp³-hybridized carbons (Fsp3) is 0.412. The maximum absolute atomic E-state index is 13.9. The molecule has 1 atom stereocenters. The number of nitrogens with zero attached hydrogens (tertiary/aromatic N) is 4. The van der Waals surface area contributed by atoms with Crippen molar-refractivity contribution < 1.29 is 32.2 Å². The lowest BCUT2D eigenvalue weighted by atomic mass is 10.1. The molecular formula is C17H17F3N4O4S. The van der Waals surface area contributed by atoms with Gasteiger partial charge in [0.25, 0.3) is 0 Å². The molecule has 0 spiro atoms. The first kappa shape index (κ1) is 21.0. The van der Waals surface area contributed by atoms with E-state index in [9.17, 15) is 22.8 Å². The Kier molecular flexibility index (Phi) is 5.24. The summed E-state index contributed by atoms with van der Waals surface area (Å²) in [5.74, 6) is -2.34. The number of methoxy groups -OCH3 is 1. The van der Waals surface area contributed by atoms with E-state index in [1.165, 1.54) is 36.0 Å². The van der Waals surface area contributed by atoms with Gasteiger partial charge in [-0.1, -0.05) is 0 Å². The number of carbonyl (C=O) groups is 2. The van der Waals surface area contributed by atoms with Crippen molar-refractivity contribution in [2.45, 2.75) is 23.7 Å². The molecule has 0 amide bonds. The lowest BCUT2D eigenvalue weighted by Gasteiger charge is -2.36. The summed E-state index contributed by atoms with van der Waals surface area (Å²) in [6, 6.07) is 4.56. The highest BCUT2D eigenvalue weighted by atomic mass is 32.2. The Morgan fingerprint density at radius 2 is 1.97 bits per heavy atom. The number of hydrogen-bond donors (Lipinski definition) is 0. The Morgan fingerprint density at radius 3 is 2.52 bits per heavy atom. The van der Waals surface area contributed by atoms with E-state index in [1.54, 1.807) is 13.0 Å². The van der Waals surface area contributed by atoms with E-state index in [0.29, 0.717) is 10.6 Å². The van der Waals surface area contributed by atoms with E-state index in [-0.39, 0.29) is 23.3 Å². The molecule has 0 saturated carbocycles. The van der Waals surface area contributed by atoms with Gasteiger partial charge in [-0.2, -0.15) is 13.2 Å². The molecule has 8 nitrogen and oxygen atoms in total. The Balaban J connectivity index is 2.15. The number of halogens is 3. The number of alkyl halides is 3. The Morgan fingerprint density at radius 1 is 1.28 bits per heavy atom. The summed E-state index contributed by atoms with van der Waals surface area (Å²) < 4.78 is 51.0. The number of thioether (sulfide) groups is 1. The normalized spacial score (nSPS) is 20.3. The summed E-state index contributed by atoms with van der Waals surface area (Å²) in [6.07, 6.45) is -5.12. The van der Waals surface area contributed by atoms with Crippen LogP contribution in [-0.2, 0) is 14.3 Å². The third-order valence-corrected chi connectivity index (χ3v) is 5.09. The summed E-state index contributed by atoms with van der Waals surface area (Å²) in [4.78, 5) is 34.6. The Bertz CT molecular complexity index is 932. The quantitative estimate of drug-likeness (QED) is 0.682. The minimum atomic E-state index is -5.12. The van der Waals surface area contributed by atoms with E-state index in [0.717, 1.165) is 18.9 Å². The molecule has 2 aliphatic heterocycles. The van der Waals surface area contributed by atoms with Crippen LogP contribution in [0.4, 0.5) is 18.9 Å². The molecule has 1 aromatic carbocycles. The molecule has 0 aromatic heterocycles. The number of esters is 2. The molecule has 0 saturated heterocycles. The molecule has 156 valence electrons. The fourth-order valence-corrected chi connectivity index (χ4v) is 3.86. The van der Waals surface area contributed by atoms with Crippen LogP contribution in [0.25, 0.3) is 0 Å². The second-order valence-corrected chi connectivity index (χ2v) is 7.21. The number of aliphatic imine (C=N–C) groups is 2. The van der Waals surface area contributed by atoms with Crippen LogP contribution in [0.5, 0.6) is 0 Å². The van der Waals surface area contributed by atoms with E-state index in [2.05, 4.69) is 14.7 Å². The van der Waals surface area contributed by atoms with Gasteiger partial charge in [0.15, 0.2) is 5.17 Å². The number of anilines is 1. The van der Waals surface area contributed by atoms with Gasteiger partial charge in [0.05, 0.1) is 25.0 Å². The number of fused-ring (bicyclic) bond motifs is 3. The standard InChI is InChI=1S/C17H17F3N4O4S/c1-5-28-12(25)9-6-7-10-11(8-9)29-15-22-16(13(26)27-4,17(18,19)20)21-14(23(2)3)24(10)15/h6-8H,5H2,1-4H3. The summed E-state index contributed by atoms with van der Waals surface area (Å²) in [5, 5.41) is -0.109. The predicted molar refractivity (Wildman–Crippen MR) is 100 cm³/mol. The molecular weight excluding hydrogens is 413 g/mol. The van der Waals surface area contributed by atoms with E-state index in [4.69, 9.17) is 4.74 Å². The molecule has 0 bridgehead atoms. The van der Waals surface area contributed by atoms with Gasteiger partial charge in [-0.05, 0) is 36.9 Å². The molecule has 1 unspecified atom stereocenters. The van der Waals surface area contributed by atoms with Gasteiger partial charge < -0.3 is 14.4 Å². The van der Waals surface area contributed by atoms with E-state index < -0.39 is 23.8 Å². The molecule has 1 aromatic rings. The minimum absolute atomic E-state index is 0.109. The monoisotopic (exact) mass is 430 g/mol. The minimum Gasteiger partial charge on any atom is -0.465 e. The number of hydrogen-bond acceptors (Lipinski definition) is 9. The lowest BCUT2D eigenvalue weighted by Crippen LogP contribution is -2.57. The van der Waals surface area contributed by atoms with Crippen molar-refractivity contribution in [1.82, 2.24) is 4.90 Å². The van der Waals surface area contributed by atoms with Gasteiger partial charge in [0.1, 0.15) is 0 Å². The average Bonchev–Trinajstić information content (AvgIpc) is 3.02. The number of guanidine groups is 1. The molecule has 0 aliphatic carbocycles. The van der Waals surface area contributed by atoms with Crippen molar-refractivity contribution in [3.05, 3.63) is 23.8 Å². The van der Waals surface area contributed by atoms with Crippen molar-refractivity contribution in [3.63, 3.8) is 0 Å². The lowest BCUT2D eigenvalue weighted by molar-refractivity contribution is -0.201. The Hall–Kier alpha value is -2.76. The van der Waals surface area contributed by atoms with Gasteiger partial charge >= 0.3 is 23.8 Å². The topological polar surface area (TPSA) is 83.8 Å². The molecule has 2 heterocycles. The van der Waals surface area contributed by atoms with Crippen LogP contribution >= 0.6 is 11.8 Å². The van der Waals surface area contributed by atoms with Crippen molar-refractivity contribution >= 4 is 40.5 Å². The average molecular weight is 430 g/mol. The Labute approximate surface area is 168 Å². The third-order valence-electron chi connectivity index (χ3n) is 4.09. The first-order chi connectivity index (χ1) is 13.6. The number of ether oxygens (including phenoxy) is 2. The van der Waals surface area contributed by atoms with Crippen LogP contribution in [0.1, 0.15) is 17.3 Å². The molecule has 12 heteroatoms. The summed E-state index contributed by atoms with van der Waals surface area (Å²) in [5.41, 5.74) is -2.68. The number of benzene rings is 1. The first-order valence-corrected chi connectivity index (χ1v) is 9.18. The number of amidine groups is 1. The molecule has 2 aliphatic rings. The number of carbonyl (C=O) groups excluding carboxylic acids is 2. The molecule has 0 fully saturated rings. The van der Waals surface area contributed by atoms with E-state index >= 15 is 0 Å². The molecule has 29 heavy (non-hydrogen) atoms. The SMILES string of the molecule is CCOC(=O)c1ccc2c(c1)SC1=NC(C(=O)OC)(C(F)(F)F)N=C(N(C)C)N12. The highest BCUT2D eigenvalue weighted by molar-refractivity contribution is 8.15. The fourth-order valence-electron chi connectivity index (χ4n) is 2.77. The van der Waals surface area contributed by atoms with Gasteiger partial charge in [0, 0.05) is 19.0 Å². The zero-order valence-electron chi connectivity index (χ0n) is 15.9. The van der Waals surface area contributed by atoms with Crippen molar-refractivity contribution in [1.29, 1.82) is 0 Å². The highest BCUT2D eigenvalue weighted by Crippen LogP contribution is 2.47. The van der Waals surface area contributed by atoms with Crippen LogP contribution in [-0.4, -0.2) is 67.6 Å². The smallest absolute Gasteiger partial charge is 0.446 e. The summed E-state index contributed by atoms with van der Waals surface area (Å²) >= 11 is 0.890. The molecule has 0 radical (unpaired) electrons. The van der Waals surface area contributed by atoms with Gasteiger partial charge in [-0.15, -0.1) is 0 Å². The van der Waals surface area contributed by atoms with Gasteiger partial charge in [0.2, 0.25) is 5.96 Å². The van der Waals surface area contributed by atoms with Crippen molar-refractivity contribution in [2.75, 3.05) is 32.7 Å². The first-order valence-electron chi connectivity index (χ1n) is 8.37. The van der Waals surface area contributed by atoms with Crippen LogP contribution in [0, 0.1) is 0 Å². The second-order valence-electron chi connectivity index (χ2n) is 6.20. The largest absolute Gasteiger partial charge is 0.465 e. The second kappa shape index (κ2) is 7.25. The highest BCUT2D eigenvalue weighted by Gasteiger charge is 2.65. The third kappa shape index (κ3) is 3.30. The predicted octanol–water partition coefficient (Wildman–Crippen LogP) is 2.49.